The van der Waals surface area contributed by atoms with Gasteiger partial charge in [-0.2, -0.15) is 0 Å². The van der Waals surface area contributed by atoms with Crippen LogP contribution in [0, 0.1) is 0 Å². The highest BCUT2D eigenvalue weighted by Crippen LogP contribution is 2.22. The van der Waals surface area contributed by atoms with Crippen molar-refractivity contribution in [3.63, 3.8) is 0 Å². The van der Waals surface area contributed by atoms with Crippen LogP contribution in [0.2, 0.25) is 0 Å². The molecule has 1 aromatic heterocycles. The largest absolute Gasteiger partial charge is 0.398 e. The van der Waals surface area contributed by atoms with Gasteiger partial charge in [-0.15, -0.1) is 0 Å². The molecule has 2 N–H and O–H groups in total. The molecular weight excluding hydrogens is 160 g/mol. The lowest BCUT2D eigenvalue weighted by Crippen LogP contribution is -1.84. The third-order valence-electron chi connectivity index (χ3n) is 1.72. The van der Waals surface area contributed by atoms with Crippen molar-refractivity contribution in [2.75, 3.05) is 5.73 Å². The Morgan fingerprint density at radius 1 is 1.27 bits per heavy atom. The van der Waals surface area contributed by atoms with E-state index in [1.807, 2.05) is 24.3 Å². The molecule has 0 bridgehead atoms. The zero-order chi connectivity index (χ0) is 7.84. The molecule has 0 saturated carbocycles. The van der Waals surface area contributed by atoms with E-state index in [1.54, 1.807) is 6.20 Å². The maximum atomic E-state index is 5.81. The molecule has 0 saturated heterocycles. The molecule has 1 heterocycles. The Morgan fingerprint density at radius 3 is 2.82 bits per heavy atom. The summed E-state index contributed by atoms with van der Waals surface area (Å²) in [5.74, 6) is 0. The first-order valence-electron chi connectivity index (χ1n) is 3.31. The van der Waals surface area contributed by atoms with Crippen LogP contribution >= 0.6 is 11.8 Å². The molecule has 0 fully saturated rings. The number of nitrogen functional groups attached to an aromatic ring is 1. The van der Waals surface area contributed by atoms with Crippen molar-refractivity contribution in [1.29, 1.82) is 0 Å². The zero-order valence-electron chi connectivity index (χ0n) is 5.79. The summed E-state index contributed by atoms with van der Waals surface area (Å²) in [5, 5.41) is 1.00. The Balaban J connectivity index is 2.94. The fourth-order valence-corrected chi connectivity index (χ4v) is 1.36. The minimum Gasteiger partial charge on any atom is -0.398 e. The highest BCUT2D eigenvalue weighted by Gasteiger charge is 1.99. The van der Waals surface area contributed by atoms with Crippen LogP contribution in [0.1, 0.15) is 0 Å². The monoisotopic (exact) mass is 166 g/mol. The fraction of sp³-hybridized carbons (Fsp3) is 0. The van der Waals surface area contributed by atoms with Gasteiger partial charge in [-0.05, 0) is 18.2 Å². The molecule has 0 radical (unpaired) electrons. The molecule has 0 atom stereocenters. The van der Waals surface area contributed by atoms with E-state index in [2.05, 4.69) is 0 Å². The summed E-state index contributed by atoms with van der Waals surface area (Å²) in [6, 6.07) is 7.58. The van der Waals surface area contributed by atoms with Crippen molar-refractivity contribution in [3.8, 4) is 0 Å². The van der Waals surface area contributed by atoms with Crippen LogP contribution in [0.4, 0.5) is 5.69 Å². The van der Waals surface area contributed by atoms with Gasteiger partial charge in [0.05, 0.1) is 5.52 Å². The molecule has 2 nitrogen and oxygen atoms in total. The molecule has 11 heavy (non-hydrogen) atoms. The molecular formula is C8H7ClN2. The van der Waals surface area contributed by atoms with Crippen molar-refractivity contribution in [3.05, 3.63) is 30.5 Å². The van der Waals surface area contributed by atoms with E-state index in [-0.39, 0.29) is 0 Å². The molecule has 0 aliphatic heterocycles. The molecule has 0 unspecified atom stereocenters. The molecule has 0 amide bonds. The number of nitrogens with zero attached hydrogens (tertiary/aromatic N) is 1. The maximum Gasteiger partial charge on any atom is 0.0667 e. The quantitative estimate of drug-likeness (QED) is 0.598. The first-order valence-corrected chi connectivity index (χ1v) is 3.64. The second kappa shape index (κ2) is 2.17. The Hall–Kier alpha value is -1.15. The summed E-state index contributed by atoms with van der Waals surface area (Å²) in [6.07, 6.45) is 1.78. The van der Waals surface area contributed by atoms with E-state index in [4.69, 9.17) is 17.5 Å². The molecule has 1 aromatic carbocycles. The summed E-state index contributed by atoms with van der Waals surface area (Å²) < 4.78 is 1.53. The normalized spacial score (nSPS) is 10.6. The number of benzene rings is 1. The number of anilines is 1. The predicted octanol–water partition coefficient (Wildman–Crippen LogP) is 2.23. The zero-order valence-corrected chi connectivity index (χ0v) is 6.55. The maximum absolute atomic E-state index is 5.81. The average molecular weight is 167 g/mol. The fourth-order valence-electron chi connectivity index (χ4n) is 1.16. The van der Waals surface area contributed by atoms with E-state index in [0.29, 0.717) is 0 Å². The van der Waals surface area contributed by atoms with Gasteiger partial charge in [0.2, 0.25) is 0 Å². The lowest BCUT2D eigenvalue weighted by molar-refractivity contribution is 1.33. The number of rotatable bonds is 0. The SMILES string of the molecule is Nc1cccc2c1ccn2Cl. The summed E-state index contributed by atoms with van der Waals surface area (Å²) in [6.45, 7) is 0. The number of fused-ring (bicyclic) bond motifs is 1. The summed E-state index contributed by atoms with van der Waals surface area (Å²) >= 11 is 5.81. The molecule has 0 aliphatic carbocycles. The predicted molar refractivity (Wildman–Crippen MR) is 47.6 cm³/mol. The first kappa shape index (κ1) is 6.55. The van der Waals surface area contributed by atoms with Crippen molar-refractivity contribution in [1.82, 2.24) is 4.09 Å². The second-order valence-electron chi connectivity index (χ2n) is 2.41. The van der Waals surface area contributed by atoms with E-state index in [1.165, 1.54) is 4.09 Å². The van der Waals surface area contributed by atoms with Crippen LogP contribution in [0.15, 0.2) is 30.5 Å². The lowest BCUT2D eigenvalue weighted by Gasteiger charge is -1.95. The molecule has 2 rings (SSSR count). The van der Waals surface area contributed by atoms with Crippen molar-refractivity contribution >= 4 is 28.4 Å². The van der Waals surface area contributed by atoms with Gasteiger partial charge in [0.1, 0.15) is 0 Å². The van der Waals surface area contributed by atoms with Gasteiger partial charge < -0.3 is 5.73 Å². The van der Waals surface area contributed by atoms with Crippen LogP contribution in [-0.4, -0.2) is 4.09 Å². The Kier molecular flexibility index (Phi) is 1.29. The number of hydrogen-bond acceptors (Lipinski definition) is 1. The van der Waals surface area contributed by atoms with Crippen molar-refractivity contribution in [2.45, 2.75) is 0 Å². The van der Waals surface area contributed by atoms with Gasteiger partial charge >= 0.3 is 0 Å². The number of aromatic nitrogens is 1. The van der Waals surface area contributed by atoms with E-state index < -0.39 is 0 Å². The molecule has 56 valence electrons. The third kappa shape index (κ3) is 0.870. The van der Waals surface area contributed by atoms with Crippen molar-refractivity contribution in [2.24, 2.45) is 0 Å². The lowest BCUT2D eigenvalue weighted by atomic mass is 10.2. The Morgan fingerprint density at radius 2 is 2.09 bits per heavy atom. The molecule has 2 aromatic rings. The van der Waals surface area contributed by atoms with Crippen LogP contribution in [0.3, 0.4) is 0 Å². The smallest absolute Gasteiger partial charge is 0.0667 e. The average Bonchev–Trinajstić information content (AvgIpc) is 2.35. The van der Waals surface area contributed by atoms with Gasteiger partial charge in [-0.25, -0.2) is 0 Å². The van der Waals surface area contributed by atoms with Gasteiger partial charge in [0.15, 0.2) is 0 Å². The standard InChI is InChI=1S/C8H7ClN2/c9-11-5-4-6-7(10)2-1-3-8(6)11/h1-5H,10H2. The van der Waals surface area contributed by atoms with Gasteiger partial charge in [-0.1, -0.05) is 6.07 Å². The van der Waals surface area contributed by atoms with Crippen LogP contribution in [0.25, 0.3) is 10.9 Å². The highest BCUT2D eigenvalue weighted by molar-refractivity contribution is 6.19. The van der Waals surface area contributed by atoms with E-state index in [9.17, 15) is 0 Å². The minimum atomic E-state index is 0.766. The topological polar surface area (TPSA) is 30.9 Å². The van der Waals surface area contributed by atoms with Gasteiger partial charge in [-0.3, -0.25) is 4.09 Å². The van der Waals surface area contributed by atoms with E-state index >= 15 is 0 Å². The minimum absolute atomic E-state index is 0.766. The first-order chi connectivity index (χ1) is 5.29. The van der Waals surface area contributed by atoms with Gasteiger partial charge in [0.25, 0.3) is 0 Å². The molecule has 0 spiro atoms. The van der Waals surface area contributed by atoms with Crippen molar-refractivity contribution < 1.29 is 0 Å². The summed E-state index contributed by atoms with van der Waals surface area (Å²) in [5.41, 5.74) is 7.41. The third-order valence-corrected chi connectivity index (χ3v) is 2.01. The molecule has 0 aliphatic rings. The van der Waals surface area contributed by atoms with Crippen LogP contribution in [0.5, 0.6) is 0 Å². The Bertz CT molecular complexity index is 392. The highest BCUT2D eigenvalue weighted by atomic mass is 35.5. The Labute approximate surface area is 69.3 Å². The number of hydrogen-bond donors (Lipinski definition) is 1. The van der Waals surface area contributed by atoms with Crippen LogP contribution < -0.4 is 5.73 Å². The number of nitrogens with two attached hydrogens (primary N) is 1. The second-order valence-corrected chi connectivity index (χ2v) is 2.77. The van der Waals surface area contributed by atoms with E-state index in [0.717, 1.165) is 16.6 Å². The molecule has 3 heteroatoms. The summed E-state index contributed by atoms with van der Waals surface area (Å²) in [7, 11) is 0. The van der Waals surface area contributed by atoms with Crippen LogP contribution in [-0.2, 0) is 0 Å². The number of halogens is 1. The van der Waals surface area contributed by atoms with Gasteiger partial charge in [0, 0.05) is 29.0 Å². The summed E-state index contributed by atoms with van der Waals surface area (Å²) in [4.78, 5) is 0.